The topological polar surface area (TPSA) is 58.4 Å². The molecule has 3 heterocycles. The van der Waals surface area contributed by atoms with Crippen molar-refractivity contribution in [2.24, 2.45) is 0 Å². The van der Waals surface area contributed by atoms with Crippen molar-refractivity contribution in [3.05, 3.63) is 47.6 Å². The second kappa shape index (κ2) is 6.18. The first kappa shape index (κ1) is 13.9. The summed E-state index contributed by atoms with van der Waals surface area (Å²) in [5, 5.41) is 3.49. The van der Waals surface area contributed by atoms with E-state index >= 15 is 0 Å². The SMILES string of the molecule is O=C(NCc1ccco1)[C@H]1CCCN1c1ccncc1Cl. The summed E-state index contributed by atoms with van der Waals surface area (Å²) in [6.07, 6.45) is 6.69. The maximum atomic E-state index is 12.4. The molecule has 0 spiro atoms. The average Bonchev–Trinajstić information content (AvgIpc) is 3.16. The summed E-state index contributed by atoms with van der Waals surface area (Å²) in [6.45, 7) is 1.23. The Bertz CT molecular complexity index is 615. The second-order valence-electron chi connectivity index (χ2n) is 4.98. The van der Waals surface area contributed by atoms with Crippen LogP contribution >= 0.6 is 11.6 Å². The van der Waals surface area contributed by atoms with Gasteiger partial charge < -0.3 is 14.6 Å². The highest BCUT2D eigenvalue weighted by Crippen LogP contribution is 2.31. The third kappa shape index (κ3) is 3.03. The van der Waals surface area contributed by atoms with E-state index < -0.39 is 0 Å². The molecule has 0 bridgehead atoms. The van der Waals surface area contributed by atoms with Gasteiger partial charge in [0.1, 0.15) is 11.8 Å². The highest BCUT2D eigenvalue weighted by atomic mass is 35.5. The maximum absolute atomic E-state index is 12.4. The summed E-state index contributed by atoms with van der Waals surface area (Å²) < 4.78 is 5.22. The zero-order valence-electron chi connectivity index (χ0n) is 11.5. The van der Waals surface area contributed by atoms with E-state index in [1.165, 1.54) is 0 Å². The van der Waals surface area contributed by atoms with Crippen LogP contribution in [0.15, 0.2) is 41.3 Å². The number of hydrogen-bond acceptors (Lipinski definition) is 4. The molecule has 110 valence electrons. The van der Waals surface area contributed by atoms with Crippen molar-refractivity contribution < 1.29 is 9.21 Å². The second-order valence-corrected chi connectivity index (χ2v) is 5.38. The average molecular weight is 306 g/mol. The maximum Gasteiger partial charge on any atom is 0.243 e. The molecule has 2 aromatic heterocycles. The number of carbonyl (C=O) groups excluding carboxylic acids is 1. The van der Waals surface area contributed by atoms with Crippen LogP contribution in [0, 0.1) is 0 Å². The third-order valence-corrected chi connectivity index (χ3v) is 3.92. The van der Waals surface area contributed by atoms with Crippen molar-refractivity contribution in [1.29, 1.82) is 0 Å². The molecule has 0 unspecified atom stereocenters. The van der Waals surface area contributed by atoms with Crippen LogP contribution in [-0.2, 0) is 11.3 Å². The molecular weight excluding hydrogens is 290 g/mol. The number of anilines is 1. The Kier molecular flexibility index (Phi) is 4.10. The van der Waals surface area contributed by atoms with Crippen LogP contribution in [0.5, 0.6) is 0 Å². The fraction of sp³-hybridized carbons (Fsp3) is 0.333. The van der Waals surface area contributed by atoms with E-state index in [-0.39, 0.29) is 11.9 Å². The molecule has 0 radical (unpaired) electrons. The van der Waals surface area contributed by atoms with Gasteiger partial charge in [-0.3, -0.25) is 9.78 Å². The van der Waals surface area contributed by atoms with Gasteiger partial charge in [-0.25, -0.2) is 0 Å². The van der Waals surface area contributed by atoms with Crippen molar-refractivity contribution in [2.75, 3.05) is 11.4 Å². The number of aromatic nitrogens is 1. The first-order valence-corrected chi connectivity index (χ1v) is 7.30. The molecule has 0 aliphatic carbocycles. The molecule has 0 aromatic carbocycles. The smallest absolute Gasteiger partial charge is 0.243 e. The van der Waals surface area contributed by atoms with Crippen LogP contribution in [0.2, 0.25) is 5.02 Å². The normalized spacial score (nSPS) is 18.0. The Morgan fingerprint density at radius 2 is 2.43 bits per heavy atom. The zero-order valence-corrected chi connectivity index (χ0v) is 12.2. The highest BCUT2D eigenvalue weighted by molar-refractivity contribution is 6.33. The molecule has 21 heavy (non-hydrogen) atoms. The summed E-state index contributed by atoms with van der Waals surface area (Å²) in [5.41, 5.74) is 0.863. The summed E-state index contributed by atoms with van der Waals surface area (Å²) in [5.74, 6) is 0.742. The van der Waals surface area contributed by atoms with Gasteiger partial charge in [0.2, 0.25) is 5.91 Å². The summed E-state index contributed by atoms with van der Waals surface area (Å²) >= 11 is 6.18. The predicted octanol–water partition coefficient (Wildman–Crippen LogP) is 2.61. The quantitative estimate of drug-likeness (QED) is 0.943. The standard InChI is InChI=1S/C15H16ClN3O2/c16-12-10-17-6-5-13(12)19-7-1-4-14(19)15(20)18-9-11-3-2-8-21-11/h2-3,5-6,8,10,14H,1,4,7,9H2,(H,18,20)/t14-/m1/s1. The van der Waals surface area contributed by atoms with E-state index in [9.17, 15) is 4.79 Å². The van der Waals surface area contributed by atoms with Gasteiger partial charge in [0.15, 0.2) is 0 Å². The van der Waals surface area contributed by atoms with Crippen LogP contribution in [-0.4, -0.2) is 23.5 Å². The lowest BCUT2D eigenvalue weighted by Crippen LogP contribution is -2.43. The van der Waals surface area contributed by atoms with Crippen molar-refractivity contribution in [2.45, 2.75) is 25.4 Å². The van der Waals surface area contributed by atoms with E-state index in [1.54, 1.807) is 24.7 Å². The van der Waals surface area contributed by atoms with Crippen LogP contribution in [0.1, 0.15) is 18.6 Å². The Balaban J connectivity index is 1.69. The summed E-state index contributed by atoms with van der Waals surface area (Å²) in [6, 6.07) is 5.30. The van der Waals surface area contributed by atoms with E-state index in [4.69, 9.17) is 16.0 Å². The van der Waals surface area contributed by atoms with Crippen LogP contribution in [0.3, 0.4) is 0 Å². The lowest BCUT2D eigenvalue weighted by molar-refractivity contribution is -0.122. The molecule has 0 saturated carbocycles. The highest BCUT2D eigenvalue weighted by Gasteiger charge is 2.31. The molecule has 1 aliphatic heterocycles. The number of carbonyl (C=O) groups is 1. The Morgan fingerprint density at radius 3 is 3.19 bits per heavy atom. The number of pyridine rings is 1. The van der Waals surface area contributed by atoms with Gasteiger partial charge in [0.05, 0.1) is 23.5 Å². The van der Waals surface area contributed by atoms with Gasteiger partial charge >= 0.3 is 0 Å². The zero-order chi connectivity index (χ0) is 14.7. The number of nitrogens with zero attached hydrogens (tertiary/aromatic N) is 2. The number of nitrogens with one attached hydrogen (secondary N) is 1. The fourth-order valence-electron chi connectivity index (χ4n) is 2.63. The largest absolute Gasteiger partial charge is 0.467 e. The van der Waals surface area contributed by atoms with Crippen molar-refractivity contribution in [3.8, 4) is 0 Å². The Labute approximate surface area is 127 Å². The number of amides is 1. The van der Waals surface area contributed by atoms with E-state index in [0.717, 1.165) is 30.8 Å². The molecule has 3 rings (SSSR count). The number of rotatable bonds is 4. The van der Waals surface area contributed by atoms with Crippen LogP contribution < -0.4 is 10.2 Å². The minimum atomic E-state index is -0.195. The van der Waals surface area contributed by atoms with Gasteiger partial charge in [-0.1, -0.05) is 11.6 Å². The molecule has 6 heteroatoms. The molecule has 1 N–H and O–H groups in total. The molecular formula is C15H16ClN3O2. The number of halogens is 1. The Morgan fingerprint density at radius 1 is 1.52 bits per heavy atom. The first-order valence-electron chi connectivity index (χ1n) is 6.92. The fourth-order valence-corrected chi connectivity index (χ4v) is 2.86. The summed E-state index contributed by atoms with van der Waals surface area (Å²) in [4.78, 5) is 18.4. The predicted molar refractivity (Wildman–Crippen MR) is 80.2 cm³/mol. The minimum Gasteiger partial charge on any atom is -0.467 e. The minimum absolute atomic E-state index is 0.00298. The number of hydrogen-bond donors (Lipinski definition) is 1. The van der Waals surface area contributed by atoms with Gasteiger partial charge in [-0.05, 0) is 31.0 Å². The number of furan rings is 1. The van der Waals surface area contributed by atoms with Crippen LogP contribution in [0.4, 0.5) is 5.69 Å². The van der Waals surface area contributed by atoms with E-state index in [0.29, 0.717) is 11.6 Å². The van der Waals surface area contributed by atoms with Gasteiger partial charge in [-0.2, -0.15) is 0 Å². The molecule has 1 amide bonds. The monoisotopic (exact) mass is 305 g/mol. The van der Waals surface area contributed by atoms with Gasteiger partial charge in [0.25, 0.3) is 0 Å². The molecule has 5 nitrogen and oxygen atoms in total. The van der Waals surface area contributed by atoms with E-state index in [1.807, 2.05) is 17.0 Å². The van der Waals surface area contributed by atoms with Gasteiger partial charge in [-0.15, -0.1) is 0 Å². The van der Waals surface area contributed by atoms with Crippen molar-refractivity contribution >= 4 is 23.2 Å². The molecule has 1 fully saturated rings. The van der Waals surface area contributed by atoms with Crippen molar-refractivity contribution in [3.63, 3.8) is 0 Å². The van der Waals surface area contributed by atoms with E-state index in [2.05, 4.69) is 10.3 Å². The lowest BCUT2D eigenvalue weighted by atomic mass is 10.2. The first-order chi connectivity index (χ1) is 10.3. The summed E-state index contributed by atoms with van der Waals surface area (Å²) in [7, 11) is 0. The lowest BCUT2D eigenvalue weighted by Gasteiger charge is -2.26. The van der Waals surface area contributed by atoms with Gasteiger partial charge in [0, 0.05) is 18.9 Å². The molecule has 1 saturated heterocycles. The van der Waals surface area contributed by atoms with Crippen molar-refractivity contribution in [1.82, 2.24) is 10.3 Å². The molecule has 1 aliphatic rings. The Hall–Kier alpha value is -2.01. The third-order valence-electron chi connectivity index (χ3n) is 3.63. The van der Waals surface area contributed by atoms with Crippen LogP contribution in [0.25, 0.3) is 0 Å². The molecule has 2 aromatic rings. The molecule has 1 atom stereocenters.